The highest BCUT2D eigenvalue weighted by Crippen LogP contribution is 2.20. The van der Waals surface area contributed by atoms with Crippen LogP contribution in [0.4, 0.5) is 5.82 Å². The third-order valence-electron chi connectivity index (χ3n) is 2.80. The van der Waals surface area contributed by atoms with Crippen LogP contribution in [-0.2, 0) is 7.05 Å². The first-order valence-electron chi connectivity index (χ1n) is 5.05. The Morgan fingerprint density at radius 3 is 3.13 bits per heavy atom. The van der Waals surface area contributed by atoms with Crippen molar-refractivity contribution in [3.05, 3.63) is 22.7 Å². The van der Waals surface area contributed by atoms with Crippen molar-refractivity contribution in [2.75, 3.05) is 23.3 Å². The largest absolute Gasteiger partial charge is 0.352 e. The summed E-state index contributed by atoms with van der Waals surface area (Å²) in [4.78, 5) is 18.0. The molecule has 1 atom stereocenters. The summed E-state index contributed by atoms with van der Waals surface area (Å²) in [6.45, 7) is 1.86. The molecule has 0 N–H and O–H groups in total. The summed E-state index contributed by atoms with van der Waals surface area (Å²) in [5.74, 6) is 1.22. The minimum absolute atomic E-state index is 0.00674. The first-order valence-corrected chi connectivity index (χ1v) is 6.17. The van der Waals surface area contributed by atoms with Crippen LogP contribution in [0.1, 0.15) is 6.42 Å². The SMILES string of the molecule is Cn1ccnc(N2CCC(CBr)C2)c1=O. The maximum absolute atomic E-state index is 11.8. The Balaban J connectivity index is 2.24. The van der Waals surface area contributed by atoms with E-state index in [0.29, 0.717) is 11.7 Å². The first-order chi connectivity index (χ1) is 7.22. The maximum atomic E-state index is 11.8. The number of halogens is 1. The Morgan fingerprint density at radius 1 is 1.67 bits per heavy atom. The van der Waals surface area contributed by atoms with E-state index in [1.54, 1.807) is 24.0 Å². The van der Waals surface area contributed by atoms with Crippen LogP contribution >= 0.6 is 15.9 Å². The van der Waals surface area contributed by atoms with Gasteiger partial charge in [0.15, 0.2) is 5.82 Å². The molecule has 2 rings (SSSR count). The lowest BCUT2D eigenvalue weighted by molar-refractivity contribution is 0.674. The zero-order chi connectivity index (χ0) is 10.8. The van der Waals surface area contributed by atoms with Gasteiger partial charge >= 0.3 is 0 Å². The van der Waals surface area contributed by atoms with Crippen LogP contribution in [0.5, 0.6) is 0 Å². The van der Waals surface area contributed by atoms with E-state index in [4.69, 9.17) is 0 Å². The van der Waals surface area contributed by atoms with Crippen LogP contribution < -0.4 is 10.5 Å². The summed E-state index contributed by atoms with van der Waals surface area (Å²) in [7, 11) is 1.76. The lowest BCUT2D eigenvalue weighted by Gasteiger charge is -2.16. The van der Waals surface area contributed by atoms with Crippen LogP contribution in [0.3, 0.4) is 0 Å². The topological polar surface area (TPSA) is 38.1 Å². The van der Waals surface area contributed by atoms with Gasteiger partial charge in [-0.25, -0.2) is 4.98 Å². The molecule has 1 fully saturated rings. The molecule has 0 amide bonds. The van der Waals surface area contributed by atoms with E-state index in [2.05, 4.69) is 25.8 Å². The van der Waals surface area contributed by atoms with Crippen LogP contribution in [0, 0.1) is 5.92 Å². The maximum Gasteiger partial charge on any atom is 0.293 e. The fourth-order valence-corrected chi connectivity index (χ4v) is 2.38. The van der Waals surface area contributed by atoms with Crippen LogP contribution in [0.2, 0.25) is 0 Å². The summed E-state index contributed by atoms with van der Waals surface area (Å²) in [5.41, 5.74) is -0.00674. The fourth-order valence-electron chi connectivity index (χ4n) is 1.85. The summed E-state index contributed by atoms with van der Waals surface area (Å²) in [5, 5.41) is 0.997. The van der Waals surface area contributed by atoms with Gasteiger partial charge in [-0.2, -0.15) is 0 Å². The molecule has 5 heteroatoms. The molecule has 4 nitrogen and oxygen atoms in total. The van der Waals surface area contributed by atoms with Gasteiger partial charge in [-0.05, 0) is 12.3 Å². The van der Waals surface area contributed by atoms with Crippen LogP contribution in [0.15, 0.2) is 17.2 Å². The van der Waals surface area contributed by atoms with Crippen LogP contribution in [-0.4, -0.2) is 28.0 Å². The van der Waals surface area contributed by atoms with Crippen LogP contribution in [0.25, 0.3) is 0 Å². The fraction of sp³-hybridized carbons (Fsp3) is 0.600. The smallest absolute Gasteiger partial charge is 0.293 e. The van der Waals surface area contributed by atoms with Crippen molar-refractivity contribution in [1.82, 2.24) is 9.55 Å². The average molecular weight is 272 g/mol. The minimum atomic E-state index is -0.00674. The highest BCUT2D eigenvalue weighted by atomic mass is 79.9. The number of nitrogens with zero attached hydrogens (tertiary/aromatic N) is 3. The van der Waals surface area contributed by atoms with Gasteiger partial charge in [0.25, 0.3) is 5.56 Å². The molecule has 0 aliphatic carbocycles. The predicted molar refractivity (Wildman–Crippen MR) is 63.6 cm³/mol. The predicted octanol–water partition coefficient (Wildman–Crippen LogP) is 1.00. The third-order valence-corrected chi connectivity index (χ3v) is 3.72. The molecule has 0 bridgehead atoms. The molecule has 0 aromatic carbocycles. The second kappa shape index (κ2) is 4.35. The molecule has 0 radical (unpaired) electrons. The highest BCUT2D eigenvalue weighted by molar-refractivity contribution is 9.09. The number of anilines is 1. The number of aromatic nitrogens is 2. The Hall–Kier alpha value is -0.840. The molecule has 0 spiro atoms. The monoisotopic (exact) mass is 271 g/mol. The second-order valence-electron chi connectivity index (χ2n) is 3.92. The first kappa shape index (κ1) is 10.7. The summed E-state index contributed by atoms with van der Waals surface area (Å²) >= 11 is 3.48. The van der Waals surface area contributed by atoms with E-state index in [-0.39, 0.29) is 5.56 Å². The Kier molecular flexibility index (Phi) is 3.09. The van der Waals surface area contributed by atoms with Crippen molar-refractivity contribution in [2.24, 2.45) is 13.0 Å². The average Bonchev–Trinajstić information content (AvgIpc) is 2.70. The van der Waals surface area contributed by atoms with Gasteiger partial charge in [0, 0.05) is 37.9 Å². The zero-order valence-corrected chi connectivity index (χ0v) is 10.3. The van der Waals surface area contributed by atoms with Gasteiger partial charge < -0.3 is 9.47 Å². The Bertz CT molecular complexity index is 404. The summed E-state index contributed by atoms with van der Waals surface area (Å²) in [6.07, 6.45) is 4.49. The van der Waals surface area contributed by atoms with Crippen molar-refractivity contribution in [3.8, 4) is 0 Å². The normalized spacial score (nSPS) is 20.9. The highest BCUT2D eigenvalue weighted by Gasteiger charge is 2.24. The molecule has 1 saturated heterocycles. The molecule has 1 unspecified atom stereocenters. The molecule has 2 heterocycles. The second-order valence-corrected chi connectivity index (χ2v) is 4.57. The van der Waals surface area contributed by atoms with Crippen molar-refractivity contribution >= 4 is 21.7 Å². The number of hydrogen-bond donors (Lipinski definition) is 0. The van der Waals surface area contributed by atoms with Crippen molar-refractivity contribution in [1.29, 1.82) is 0 Å². The van der Waals surface area contributed by atoms with Crippen molar-refractivity contribution in [2.45, 2.75) is 6.42 Å². The molecular formula is C10H14BrN3O. The standard InChI is InChI=1S/C10H14BrN3O/c1-13-5-3-12-9(10(13)15)14-4-2-8(6-11)7-14/h3,5,8H,2,4,6-7H2,1H3. The van der Waals surface area contributed by atoms with Gasteiger partial charge in [0.2, 0.25) is 0 Å². The van der Waals surface area contributed by atoms with Crippen molar-refractivity contribution < 1.29 is 0 Å². The number of aryl methyl sites for hydroxylation is 1. The molecule has 1 aromatic heterocycles. The molecule has 0 saturated carbocycles. The molecule has 15 heavy (non-hydrogen) atoms. The van der Waals surface area contributed by atoms with E-state index >= 15 is 0 Å². The van der Waals surface area contributed by atoms with E-state index < -0.39 is 0 Å². The van der Waals surface area contributed by atoms with Gasteiger partial charge in [0.1, 0.15) is 0 Å². The van der Waals surface area contributed by atoms with Gasteiger partial charge in [0.05, 0.1) is 0 Å². The molecule has 1 aliphatic heterocycles. The number of hydrogen-bond acceptors (Lipinski definition) is 3. The Labute approximate surface area is 97.1 Å². The van der Waals surface area contributed by atoms with E-state index in [1.807, 2.05) is 0 Å². The molecule has 82 valence electrons. The lowest BCUT2D eigenvalue weighted by atomic mass is 10.2. The van der Waals surface area contributed by atoms with Gasteiger partial charge in [-0.15, -0.1) is 0 Å². The lowest BCUT2D eigenvalue weighted by Crippen LogP contribution is -2.30. The summed E-state index contributed by atoms with van der Waals surface area (Å²) in [6, 6.07) is 0. The molecule has 1 aromatic rings. The van der Waals surface area contributed by atoms with E-state index in [9.17, 15) is 4.79 Å². The Morgan fingerprint density at radius 2 is 2.47 bits per heavy atom. The molecule has 1 aliphatic rings. The van der Waals surface area contributed by atoms with E-state index in [1.165, 1.54) is 0 Å². The zero-order valence-electron chi connectivity index (χ0n) is 8.69. The van der Waals surface area contributed by atoms with Gasteiger partial charge in [-0.3, -0.25) is 4.79 Å². The minimum Gasteiger partial charge on any atom is -0.352 e. The van der Waals surface area contributed by atoms with E-state index in [0.717, 1.165) is 24.8 Å². The summed E-state index contributed by atoms with van der Waals surface area (Å²) < 4.78 is 1.57. The molecular weight excluding hydrogens is 258 g/mol. The van der Waals surface area contributed by atoms with Gasteiger partial charge in [-0.1, -0.05) is 15.9 Å². The quantitative estimate of drug-likeness (QED) is 0.754. The van der Waals surface area contributed by atoms with Crippen molar-refractivity contribution in [3.63, 3.8) is 0 Å². The number of rotatable bonds is 2. The number of alkyl halides is 1. The third kappa shape index (κ3) is 2.07.